The summed E-state index contributed by atoms with van der Waals surface area (Å²) < 4.78 is 1.55. The van der Waals surface area contributed by atoms with E-state index in [2.05, 4.69) is 27.2 Å². The van der Waals surface area contributed by atoms with Gasteiger partial charge in [-0.05, 0) is 30.0 Å². The van der Waals surface area contributed by atoms with Crippen molar-refractivity contribution in [2.24, 2.45) is 0 Å². The summed E-state index contributed by atoms with van der Waals surface area (Å²) in [6, 6.07) is 17.5. The van der Waals surface area contributed by atoms with Gasteiger partial charge in [0.05, 0.1) is 5.75 Å². The van der Waals surface area contributed by atoms with Crippen LogP contribution < -0.4 is 5.56 Å². The minimum atomic E-state index is -0.253. The van der Waals surface area contributed by atoms with Crippen LogP contribution in [0.3, 0.4) is 0 Å². The van der Waals surface area contributed by atoms with Crippen LogP contribution in [0.1, 0.15) is 16.7 Å². The van der Waals surface area contributed by atoms with Crippen LogP contribution in [0, 0.1) is 6.92 Å². The number of thioether (sulfide) groups is 1. The van der Waals surface area contributed by atoms with Gasteiger partial charge in [-0.15, -0.1) is 0 Å². The summed E-state index contributed by atoms with van der Waals surface area (Å²) in [7, 11) is 0. The normalized spacial score (nSPS) is 13.4. The molecule has 0 radical (unpaired) electrons. The Morgan fingerprint density at radius 2 is 1.87 bits per heavy atom. The van der Waals surface area contributed by atoms with Gasteiger partial charge in [-0.2, -0.15) is 0 Å². The van der Waals surface area contributed by atoms with Crippen molar-refractivity contribution in [1.29, 1.82) is 0 Å². The van der Waals surface area contributed by atoms with Gasteiger partial charge in [0.25, 0.3) is 5.56 Å². The second-order valence-corrected chi connectivity index (χ2v) is 8.52. The van der Waals surface area contributed by atoms with Crippen LogP contribution in [0.2, 0.25) is 0 Å². The molecule has 0 spiro atoms. The Morgan fingerprint density at radius 3 is 2.71 bits per heavy atom. The van der Waals surface area contributed by atoms with Crippen LogP contribution >= 0.6 is 11.8 Å². The fourth-order valence-corrected chi connectivity index (χ4v) is 4.71. The van der Waals surface area contributed by atoms with Crippen molar-refractivity contribution < 1.29 is 4.79 Å². The molecule has 4 aromatic rings. The first-order valence-electron chi connectivity index (χ1n) is 10.1. The van der Waals surface area contributed by atoms with E-state index < -0.39 is 0 Å². The van der Waals surface area contributed by atoms with Crippen LogP contribution in [0.5, 0.6) is 0 Å². The summed E-state index contributed by atoms with van der Waals surface area (Å²) in [4.78, 5) is 35.9. The van der Waals surface area contributed by atoms with E-state index in [4.69, 9.17) is 0 Å². The monoisotopic (exact) mass is 431 g/mol. The molecule has 7 nitrogen and oxygen atoms in total. The van der Waals surface area contributed by atoms with E-state index in [0.29, 0.717) is 29.7 Å². The van der Waals surface area contributed by atoms with Crippen molar-refractivity contribution in [1.82, 2.24) is 24.5 Å². The van der Waals surface area contributed by atoms with Crippen LogP contribution in [0.15, 0.2) is 64.5 Å². The number of aromatic amines is 1. The Bertz CT molecular complexity index is 1340. The molecule has 2 aromatic carbocycles. The number of aryl methyl sites for hydroxylation is 1. The summed E-state index contributed by atoms with van der Waals surface area (Å²) in [5.41, 5.74) is 4.69. The van der Waals surface area contributed by atoms with Gasteiger partial charge in [-0.1, -0.05) is 60.3 Å². The summed E-state index contributed by atoms with van der Waals surface area (Å²) in [6.45, 7) is 3.34. The number of carbonyl (C=O) groups excluding carboxylic acids is 1. The van der Waals surface area contributed by atoms with E-state index in [9.17, 15) is 9.59 Å². The molecular formula is C23H21N5O2S. The van der Waals surface area contributed by atoms with E-state index in [1.807, 2.05) is 48.2 Å². The molecule has 1 amide bonds. The second-order valence-electron chi connectivity index (χ2n) is 7.58. The van der Waals surface area contributed by atoms with E-state index in [1.165, 1.54) is 29.0 Å². The Morgan fingerprint density at radius 1 is 1.10 bits per heavy atom. The number of aromatic nitrogens is 4. The largest absolute Gasteiger partial charge is 0.337 e. The first-order valence-corrected chi connectivity index (χ1v) is 11.1. The van der Waals surface area contributed by atoms with Crippen molar-refractivity contribution in [2.45, 2.75) is 25.0 Å². The third-order valence-electron chi connectivity index (χ3n) is 5.52. The molecule has 8 heteroatoms. The molecule has 1 N–H and O–H groups in total. The van der Waals surface area contributed by atoms with Gasteiger partial charge >= 0.3 is 0 Å². The molecule has 0 aliphatic carbocycles. The van der Waals surface area contributed by atoms with Gasteiger partial charge in [0, 0.05) is 24.7 Å². The summed E-state index contributed by atoms with van der Waals surface area (Å²) in [5.74, 6) is 0.832. The molecular weight excluding hydrogens is 410 g/mol. The Balaban J connectivity index is 1.41. The summed E-state index contributed by atoms with van der Waals surface area (Å²) in [6.07, 6.45) is 0.868. The lowest BCUT2D eigenvalue weighted by Gasteiger charge is -2.28. The quantitative estimate of drug-likeness (QED) is 0.502. The third kappa shape index (κ3) is 3.86. The van der Waals surface area contributed by atoms with Crippen molar-refractivity contribution in [3.63, 3.8) is 0 Å². The highest BCUT2D eigenvalue weighted by Gasteiger charge is 2.21. The average Bonchev–Trinajstić information content (AvgIpc) is 3.17. The number of hydrogen-bond acceptors (Lipinski definition) is 5. The van der Waals surface area contributed by atoms with Gasteiger partial charge in [0.2, 0.25) is 5.91 Å². The average molecular weight is 432 g/mol. The SMILES string of the molecule is Cc1ccccc1-c1nc(SCC(=O)N2CCc3ccccc3C2)n2[nH]c(=O)cc2n1. The van der Waals surface area contributed by atoms with Gasteiger partial charge in [0.1, 0.15) is 0 Å². The Hall–Kier alpha value is -3.39. The number of amides is 1. The molecule has 156 valence electrons. The minimum absolute atomic E-state index is 0.0539. The van der Waals surface area contributed by atoms with Crippen LogP contribution in [-0.4, -0.2) is 42.7 Å². The van der Waals surface area contributed by atoms with Crippen molar-refractivity contribution in [2.75, 3.05) is 12.3 Å². The maximum absolute atomic E-state index is 12.9. The molecule has 0 fully saturated rings. The number of rotatable bonds is 4. The molecule has 0 saturated carbocycles. The molecule has 5 rings (SSSR count). The number of hydrogen-bond donors (Lipinski definition) is 1. The zero-order chi connectivity index (χ0) is 21.4. The number of benzene rings is 2. The zero-order valence-corrected chi connectivity index (χ0v) is 17.9. The molecule has 0 saturated heterocycles. The number of carbonyl (C=O) groups is 1. The fraction of sp³-hybridized carbons (Fsp3) is 0.217. The standard InChI is InChI=1S/C23H21N5O2S/c1-15-6-2-5-9-18(15)22-24-19-12-20(29)26-28(19)23(25-22)31-14-21(30)27-11-10-16-7-3-4-8-17(16)13-27/h2-9,12H,10-11,13-14H2,1H3,(H,26,29). The zero-order valence-electron chi connectivity index (χ0n) is 17.0. The molecule has 0 atom stereocenters. The number of nitrogens with zero attached hydrogens (tertiary/aromatic N) is 4. The lowest BCUT2D eigenvalue weighted by atomic mass is 10.00. The molecule has 2 aromatic heterocycles. The molecule has 31 heavy (non-hydrogen) atoms. The van der Waals surface area contributed by atoms with Gasteiger partial charge < -0.3 is 4.90 Å². The minimum Gasteiger partial charge on any atom is -0.337 e. The lowest BCUT2D eigenvalue weighted by Crippen LogP contribution is -2.37. The lowest BCUT2D eigenvalue weighted by molar-refractivity contribution is -0.129. The number of H-pyrrole nitrogens is 1. The van der Waals surface area contributed by atoms with E-state index in [0.717, 1.165) is 17.5 Å². The van der Waals surface area contributed by atoms with Gasteiger partial charge in [-0.25, -0.2) is 14.5 Å². The summed E-state index contributed by atoms with van der Waals surface area (Å²) >= 11 is 1.31. The van der Waals surface area contributed by atoms with Crippen molar-refractivity contribution in [3.8, 4) is 11.4 Å². The van der Waals surface area contributed by atoms with E-state index in [-0.39, 0.29) is 17.2 Å². The van der Waals surface area contributed by atoms with Crippen molar-refractivity contribution >= 4 is 23.3 Å². The maximum atomic E-state index is 12.9. The van der Waals surface area contributed by atoms with Crippen LogP contribution in [0.4, 0.5) is 0 Å². The smallest absolute Gasteiger partial charge is 0.266 e. The molecule has 3 heterocycles. The second kappa shape index (κ2) is 8.03. The van der Waals surface area contributed by atoms with E-state index in [1.54, 1.807) is 4.52 Å². The third-order valence-corrected chi connectivity index (χ3v) is 6.44. The summed E-state index contributed by atoms with van der Waals surface area (Å²) in [5, 5.41) is 3.27. The predicted molar refractivity (Wildman–Crippen MR) is 120 cm³/mol. The first-order chi connectivity index (χ1) is 15.1. The van der Waals surface area contributed by atoms with Gasteiger partial charge in [-0.3, -0.25) is 14.7 Å². The van der Waals surface area contributed by atoms with E-state index >= 15 is 0 Å². The van der Waals surface area contributed by atoms with Crippen molar-refractivity contribution in [3.05, 3.63) is 81.6 Å². The highest BCUT2D eigenvalue weighted by molar-refractivity contribution is 7.99. The Labute approximate surface area is 183 Å². The molecule has 1 aliphatic heterocycles. The molecule has 1 aliphatic rings. The predicted octanol–water partition coefficient (Wildman–Crippen LogP) is 3.07. The van der Waals surface area contributed by atoms with Crippen LogP contribution in [0.25, 0.3) is 17.0 Å². The first kappa shape index (κ1) is 19.6. The number of nitrogens with one attached hydrogen (secondary N) is 1. The Kier molecular flexibility index (Phi) is 5.07. The highest BCUT2D eigenvalue weighted by atomic mass is 32.2. The number of fused-ring (bicyclic) bond motifs is 2. The van der Waals surface area contributed by atoms with Gasteiger partial charge in [0.15, 0.2) is 16.6 Å². The topological polar surface area (TPSA) is 83.4 Å². The maximum Gasteiger partial charge on any atom is 0.266 e. The van der Waals surface area contributed by atoms with Crippen LogP contribution in [-0.2, 0) is 17.8 Å². The fourth-order valence-electron chi connectivity index (χ4n) is 3.85. The molecule has 0 unspecified atom stereocenters. The highest BCUT2D eigenvalue weighted by Crippen LogP contribution is 2.25. The molecule has 0 bridgehead atoms.